The SMILES string of the molecule is NN1CCc2[nH]cnc2C1. The minimum absolute atomic E-state index is 0.777. The Bertz CT molecular complexity index is 229. The van der Waals surface area contributed by atoms with E-state index in [1.807, 2.05) is 0 Å². The van der Waals surface area contributed by atoms with E-state index >= 15 is 0 Å². The van der Waals surface area contributed by atoms with E-state index in [1.54, 1.807) is 11.3 Å². The third-order valence-corrected chi connectivity index (χ3v) is 1.81. The van der Waals surface area contributed by atoms with Crippen LogP contribution in [0.5, 0.6) is 0 Å². The molecule has 0 radical (unpaired) electrons. The van der Waals surface area contributed by atoms with E-state index in [-0.39, 0.29) is 0 Å². The molecule has 1 aromatic heterocycles. The van der Waals surface area contributed by atoms with Crippen LogP contribution in [-0.4, -0.2) is 21.5 Å². The first-order valence-corrected chi connectivity index (χ1v) is 3.37. The minimum Gasteiger partial charge on any atom is -0.348 e. The van der Waals surface area contributed by atoms with Crippen LogP contribution in [0.3, 0.4) is 0 Å². The molecule has 2 rings (SSSR count). The largest absolute Gasteiger partial charge is 0.348 e. The molecule has 0 atom stereocenters. The van der Waals surface area contributed by atoms with E-state index in [4.69, 9.17) is 5.84 Å². The van der Waals surface area contributed by atoms with Crippen LogP contribution in [0.2, 0.25) is 0 Å². The van der Waals surface area contributed by atoms with Crippen molar-refractivity contribution in [2.24, 2.45) is 5.84 Å². The number of aromatic amines is 1. The Hall–Kier alpha value is -0.870. The molecule has 54 valence electrons. The average molecular weight is 138 g/mol. The summed E-state index contributed by atoms with van der Waals surface area (Å²) in [7, 11) is 0. The molecule has 0 aliphatic carbocycles. The second-order valence-electron chi connectivity index (χ2n) is 2.55. The number of fused-ring (bicyclic) bond motifs is 1. The summed E-state index contributed by atoms with van der Waals surface area (Å²) in [6.07, 6.45) is 2.72. The number of hydrazine groups is 1. The van der Waals surface area contributed by atoms with Crippen LogP contribution in [-0.2, 0) is 13.0 Å². The molecule has 0 amide bonds. The number of aromatic nitrogens is 2. The molecule has 1 aliphatic heterocycles. The third kappa shape index (κ3) is 0.815. The van der Waals surface area contributed by atoms with Crippen molar-refractivity contribution in [3.8, 4) is 0 Å². The lowest BCUT2D eigenvalue weighted by atomic mass is 10.2. The lowest BCUT2D eigenvalue weighted by Crippen LogP contribution is -2.36. The monoisotopic (exact) mass is 138 g/mol. The highest BCUT2D eigenvalue weighted by atomic mass is 15.4. The summed E-state index contributed by atoms with van der Waals surface area (Å²) in [4.78, 5) is 7.21. The molecule has 0 saturated carbocycles. The van der Waals surface area contributed by atoms with Gasteiger partial charge in [-0.25, -0.2) is 9.99 Å². The van der Waals surface area contributed by atoms with Crippen molar-refractivity contribution >= 4 is 0 Å². The zero-order valence-electron chi connectivity index (χ0n) is 5.67. The smallest absolute Gasteiger partial charge is 0.0925 e. The summed E-state index contributed by atoms with van der Waals surface area (Å²) in [6, 6.07) is 0. The Morgan fingerprint density at radius 3 is 3.50 bits per heavy atom. The van der Waals surface area contributed by atoms with Gasteiger partial charge in [0.25, 0.3) is 0 Å². The van der Waals surface area contributed by atoms with Crippen LogP contribution < -0.4 is 5.84 Å². The van der Waals surface area contributed by atoms with Crippen LogP contribution in [0.15, 0.2) is 6.33 Å². The average Bonchev–Trinajstić information content (AvgIpc) is 2.33. The first-order chi connectivity index (χ1) is 4.86. The van der Waals surface area contributed by atoms with Crippen LogP contribution in [0.4, 0.5) is 0 Å². The van der Waals surface area contributed by atoms with Crippen molar-refractivity contribution in [3.63, 3.8) is 0 Å². The van der Waals surface area contributed by atoms with Gasteiger partial charge in [0.2, 0.25) is 0 Å². The molecular formula is C6H10N4. The topological polar surface area (TPSA) is 57.9 Å². The van der Waals surface area contributed by atoms with Crippen molar-refractivity contribution in [1.29, 1.82) is 0 Å². The van der Waals surface area contributed by atoms with Crippen molar-refractivity contribution in [3.05, 3.63) is 17.7 Å². The van der Waals surface area contributed by atoms with Crippen LogP contribution in [0.25, 0.3) is 0 Å². The number of rotatable bonds is 0. The molecule has 10 heavy (non-hydrogen) atoms. The Balaban J connectivity index is 2.30. The Kier molecular flexibility index (Phi) is 1.22. The van der Waals surface area contributed by atoms with Gasteiger partial charge >= 0.3 is 0 Å². The van der Waals surface area contributed by atoms with Gasteiger partial charge in [-0.05, 0) is 0 Å². The normalized spacial score (nSPS) is 18.9. The van der Waals surface area contributed by atoms with Crippen molar-refractivity contribution < 1.29 is 0 Å². The van der Waals surface area contributed by atoms with Gasteiger partial charge in [0.15, 0.2) is 0 Å². The Morgan fingerprint density at radius 1 is 1.70 bits per heavy atom. The maximum absolute atomic E-state index is 5.59. The predicted octanol–water partition coefficient (Wildman–Crippen LogP) is -0.359. The first kappa shape index (κ1) is 5.88. The number of hydrogen-bond acceptors (Lipinski definition) is 3. The molecule has 1 aromatic rings. The highest BCUT2D eigenvalue weighted by molar-refractivity contribution is 5.13. The van der Waals surface area contributed by atoms with Gasteiger partial charge in [-0.15, -0.1) is 0 Å². The fraction of sp³-hybridized carbons (Fsp3) is 0.500. The minimum atomic E-state index is 0.777. The van der Waals surface area contributed by atoms with E-state index in [0.717, 1.165) is 25.2 Å². The lowest BCUT2D eigenvalue weighted by Gasteiger charge is -2.20. The van der Waals surface area contributed by atoms with Gasteiger partial charge in [0.05, 0.1) is 18.6 Å². The Labute approximate surface area is 59.0 Å². The Morgan fingerprint density at radius 2 is 2.60 bits per heavy atom. The zero-order chi connectivity index (χ0) is 6.97. The summed E-state index contributed by atoms with van der Waals surface area (Å²) < 4.78 is 0. The summed E-state index contributed by atoms with van der Waals surface area (Å²) in [5.74, 6) is 5.59. The van der Waals surface area contributed by atoms with E-state index in [9.17, 15) is 0 Å². The highest BCUT2D eigenvalue weighted by Crippen LogP contribution is 2.10. The molecule has 3 N–H and O–H groups in total. The number of hydrogen-bond donors (Lipinski definition) is 2. The molecule has 1 aliphatic rings. The van der Waals surface area contributed by atoms with Gasteiger partial charge in [-0.2, -0.15) is 0 Å². The van der Waals surface area contributed by atoms with E-state index < -0.39 is 0 Å². The van der Waals surface area contributed by atoms with E-state index in [0.29, 0.717) is 0 Å². The van der Waals surface area contributed by atoms with Gasteiger partial charge in [0.1, 0.15) is 0 Å². The number of nitrogens with zero attached hydrogens (tertiary/aromatic N) is 2. The van der Waals surface area contributed by atoms with E-state index in [2.05, 4.69) is 9.97 Å². The molecular weight excluding hydrogens is 128 g/mol. The molecule has 4 heteroatoms. The quantitative estimate of drug-likeness (QED) is 0.481. The van der Waals surface area contributed by atoms with Crippen LogP contribution in [0, 0.1) is 0 Å². The fourth-order valence-electron chi connectivity index (χ4n) is 1.23. The fourth-order valence-corrected chi connectivity index (χ4v) is 1.23. The number of imidazole rings is 1. The van der Waals surface area contributed by atoms with Crippen LogP contribution in [0.1, 0.15) is 11.4 Å². The summed E-state index contributed by atoms with van der Waals surface area (Å²) in [5, 5.41) is 1.78. The van der Waals surface area contributed by atoms with Gasteiger partial charge < -0.3 is 4.98 Å². The van der Waals surface area contributed by atoms with Gasteiger partial charge in [-0.1, -0.05) is 0 Å². The molecule has 0 saturated heterocycles. The molecule has 0 unspecified atom stereocenters. The summed E-state index contributed by atoms with van der Waals surface area (Å²) >= 11 is 0. The predicted molar refractivity (Wildman–Crippen MR) is 36.9 cm³/mol. The molecule has 4 nitrogen and oxygen atoms in total. The molecule has 0 aromatic carbocycles. The van der Waals surface area contributed by atoms with Crippen molar-refractivity contribution in [2.75, 3.05) is 6.54 Å². The second kappa shape index (κ2) is 2.07. The van der Waals surface area contributed by atoms with Gasteiger partial charge in [-0.3, -0.25) is 5.84 Å². The molecule has 0 spiro atoms. The molecule has 0 bridgehead atoms. The lowest BCUT2D eigenvalue weighted by molar-refractivity contribution is 0.258. The second-order valence-corrected chi connectivity index (χ2v) is 2.55. The molecule has 2 heterocycles. The standard InChI is InChI=1S/C6H10N4/c7-10-2-1-5-6(3-10)9-4-8-5/h4H,1-3,7H2,(H,8,9). The molecule has 0 fully saturated rings. The van der Waals surface area contributed by atoms with E-state index in [1.165, 1.54) is 5.69 Å². The highest BCUT2D eigenvalue weighted by Gasteiger charge is 2.14. The van der Waals surface area contributed by atoms with Gasteiger partial charge in [0, 0.05) is 18.7 Å². The number of nitrogens with two attached hydrogens (primary N) is 1. The van der Waals surface area contributed by atoms with Crippen LogP contribution >= 0.6 is 0 Å². The first-order valence-electron chi connectivity index (χ1n) is 3.37. The van der Waals surface area contributed by atoms with Crippen molar-refractivity contribution in [1.82, 2.24) is 15.0 Å². The maximum atomic E-state index is 5.59. The van der Waals surface area contributed by atoms with Crippen molar-refractivity contribution in [2.45, 2.75) is 13.0 Å². The number of nitrogens with one attached hydrogen (secondary N) is 1. The summed E-state index contributed by atoms with van der Waals surface area (Å²) in [5.41, 5.74) is 2.33. The maximum Gasteiger partial charge on any atom is 0.0925 e. The zero-order valence-corrected chi connectivity index (χ0v) is 5.67. The number of H-pyrrole nitrogens is 1. The third-order valence-electron chi connectivity index (χ3n) is 1.81. The summed E-state index contributed by atoms with van der Waals surface area (Å²) in [6.45, 7) is 1.70.